The lowest BCUT2D eigenvalue weighted by atomic mass is 9.86. The molecule has 2 rings (SSSR count). The van der Waals surface area contributed by atoms with Crippen molar-refractivity contribution in [1.29, 1.82) is 0 Å². The Morgan fingerprint density at radius 3 is 2.17 bits per heavy atom. The van der Waals surface area contributed by atoms with Crippen LogP contribution in [0.25, 0.3) is 0 Å². The normalized spacial score (nSPS) is 22.1. The van der Waals surface area contributed by atoms with Gasteiger partial charge in [0.1, 0.15) is 0 Å². The fourth-order valence-corrected chi connectivity index (χ4v) is 3.70. The average molecular weight is 338 g/mol. The molecule has 0 atom stereocenters. The molecule has 1 aliphatic rings. The van der Waals surface area contributed by atoms with Crippen molar-refractivity contribution < 1.29 is 13.2 Å². The Labute approximate surface area is 138 Å². The summed E-state index contributed by atoms with van der Waals surface area (Å²) in [4.78, 5) is 12.3. The summed E-state index contributed by atoms with van der Waals surface area (Å²) < 4.78 is 26.5. The Morgan fingerprint density at radius 1 is 1.09 bits per heavy atom. The smallest absolute Gasteiger partial charge is 0.227 e. The minimum atomic E-state index is -3.24. The highest BCUT2D eigenvalue weighted by atomic mass is 32.2. The van der Waals surface area contributed by atoms with Crippen molar-refractivity contribution in [1.82, 2.24) is 4.72 Å². The Balaban J connectivity index is 1.84. The van der Waals surface area contributed by atoms with Crippen LogP contribution in [0.5, 0.6) is 0 Å². The molecule has 0 spiro atoms. The van der Waals surface area contributed by atoms with E-state index in [1.807, 2.05) is 31.2 Å². The summed E-state index contributed by atoms with van der Waals surface area (Å²) in [6, 6.07) is 7.68. The first-order valence-electron chi connectivity index (χ1n) is 8.16. The lowest BCUT2D eigenvalue weighted by molar-refractivity contribution is -0.120. The fraction of sp³-hybridized carbons (Fsp3) is 0.588. The second kappa shape index (κ2) is 7.45. The zero-order valence-corrected chi connectivity index (χ0v) is 14.8. The van der Waals surface area contributed by atoms with Gasteiger partial charge in [0, 0.05) is 17.6 Å². The van der Waals surface area contributed by atoms with E-state index >= 15 is 0 Å². The van der Waals surface area contributed by atoms with Gasteiger partial charge in [-0.1, -0.05) is 17.7 Å². The molecule has 1 aliphatic carbocycles. The lowest BCUT2D eigenvalue weighted by Crippen LogP contribution is -2.42. The number of benzene rings is 1. The van der Waals surface area contributed by atoms with Crippen molar-refractivity contribution in [3.8, 4) is 0 Å². The molecule has 1 aromatic rings. The third-order valence-corrected chi connectivity index (χ3v) is 6.27. The molecule has 1 amide bonds. The number of sulfonamides is 1. The summed E-state index contributed by atoms with van der Waals surface area (Å²) >= 11 is 0. The number of hydrogen-bond acceptors (Lipinski definition) is 3. The van der Waals surface area contributed by atoms with Crippen molar-refractivity contribution in [2.24, 2.45) is 5.92 Å². The molecule has 1 aromatic carbocycles. The van der Waals surface area contributed by atoms with Gasteiger partial charge in [-0.2, -0.15) is 0 Å². The number of hydrogen-bond donors (Lipinski definition) is 2. The van der Waals surface area contributed by atoms with Crippen LogP contribution in [0.4, 0.5) is 5.69 Å². The van der Waals surface area contributed by atoms with Gasteiger partial charge in [-0.3, -0.25) is 4.79 Å². The van der Waals surface area contributed by atoms with Crippen LogP contribution >= 0.6 is 0 Å². The molecule has 0 radical (unpaired) electrons. The van der Waals surface area contributed by atoms with Gasteiger partial charge in [0.2, 0.25) is 15.9 Å². The summed E-state index contributed by atoms with van der Waals surface area (Å²) in [7, 11) is -3.24. The van der Waals surface area contributed by atoms with Crippen molar-refractivity contribution in [3.63, 3.8) is 0 Å². The molecular weight excluding hydrogens is 312 g/mol. The quantitative estimate of drug-likeness (QED) is 0.867. The molecule has 0 saturated heterocycles. The molecule has 0 aliphatic heterocycles. The maximum absolute atomic E-state index is 12.3. The van der Waals surface area contributed by atoms with Crippen LogP contribution in [0.2, 0.25) is 0 Å². The van der Waals surface area contributed by atoms with Crippen LogP contribution in [0, 0.1) is 12.8 Å². The van der Waals surface area contributed by atoms with Crippen molar-refractivity contribution in [2.75, 3.05) is 5.32 Å². The first kappa shape index (κ1) is 17.9. The van der Waals surface area contributed by atoms with Crippen LogP contribution < -0.4 is 10.0 Å². The van der Waals surface area contributed by atoms with Gasteiger partial charge >= 0.3 is 0 Å². The maximum atomic E-state index is 12.3. The third-order valence-electron chi connectivity index (χ3n) is 4.37. The fourth-order valence-electron chi connectivity index (χ4n) is 2.72. The summed E-state index contributed by atoms with van der Waals surface area (Å²) in [5.41, 5.74) is 1.96. The summed E-state index contributed by atoms with van der Waals surface area (Å²) in [5, 5.41) is 2.52. The first-order valence-corrected chi connectivity index (χ1v) is 9.71. The molecule has 6 heteroatoms. The second-order valence-electron chi connectivity index (χ2n) is 6.62. The van der Waals surface area contributed by atoms with Crippen LogP contribution in [-0.2, 0) is 14.8 Å². The minimum absolute atomic E-state index is 0.0269. The highest BCUT2D eigenvalue weighted by Crippen LogP contribution is 2.26. The SMILES string of the molecule is Cc1ccc(NC(=O)[C@H]2CC[C@H](NS(=O)(=O)C(C)C)CC2)cc1. The predicted molar refractivity (Wildman–Crippen MR) is 92.7 cm³/mol. The number of aryl methyl sites for hydroxylation is 1. The topological polar surface area (TPSA) is 75.3 Å². The van der Waals surface area contributed by atoms with E-state index in [9.17, 15) is 13.2 Å². The van der Waals surface area contributed by atoms with Gasteiger partial charge in [0.25, 0.3) is 0 Å². The van der Waals surface area contributed by atoms with Gasteiger partial charge in [-0.15, -0.1) is 0 Å². The molecule has 0 unspecified atom stereocenters. The van der Waals surface area contributed by atoms with Gasteiger partial charge in [-0.25, -0.2) is 13.1 Å². The number of anilines is 1. The van der Waals surface area contributed by atoms with E-state index in [1.54, 1.807) is 13.8 Å². The largest absolute Gasteiger partial charge is 0.326 e. The van der Waals surface area contributed by atoms with Gasteiger partial charge in [-0.05, 0) is 58.6 Å². The number of nitrogens with one attached hydrogen (secondary N) is 2. The van der Waals surface area contributed by atoms with Gasteiger partial charge < -0.3 is 5.32 Å². The summed E-state index contributed by atoms with van der Waals surface area (Å²) in [6.45, 7) is 5.34. The van der Waals surface area contributed by atoms with Crippen molar-refractivity contribution >= 4 is 21.6 Å². The van der Waals surface area contributed by atoms with E-state index in [2.05, 4.69) is 10.0 Å². The second-order valence-corrected chi connectivity index (χ2v) is 8.88. The van der Waals surface area contributed by atoms with Gasteiger partial charge in [0.15, 0.2) is 0 Å². The molecule has 0 heterocycles. The van der Waals surface area contributed by atoms with Crippen LogP contribution in [-0.4, -0.2) is 25.6 Å². The lowest BCUT2D eigenvalue weighted by Gasteiger charge is -2.28. The first-order chi connectivity index (χ1) is 10.8. The van der Waals surface area contributed by atoms with E-state index in [4.69, 9.17) is 0 Å². The average Bonchev–Trinajstić information content (AvgIpc) is 2.49. The Bertz CT molecular complexity index is 630. The standard InChI is InChI=1S/C17H26N2O3S/c1-12(2)23(21,22)19-16-10-6-14(7-11-16)17(20)18-15-8-4-13(3)5-9-15/h4-5,8-9,12,14,16,19H,6-7,10-11H2,1-3H3,(H,18,20)/t14-,16-. The Kier molecular flexibility index (Phi) is 5.81. The molecule has 1 fully saturated rings. The Morgan fingerprint density at radius 2 is 1.65 bits per heavy atom. The van der Waals surface area contributed by atoms with Crippen LogP contribution in [0.15, 0.2) is 24.3 Å². The van der Waals surface area contributed by atoms with E-state index in [0.717, 1.165) is 11.3 Å². The number of rotatable bonds is 5. The van der Waals surface area contributed by atoms with Gasteiger partial charge in [0.05, 0.1) is 5.25 Å². The minimum Gasteiger partial charge on any atom is -0.326 e. The molecule has 23 heavy (non-hydrogen) atoms. The van der Waals surface area contributed by atoms with E-state index in [1.165, 1.54) is 0 Å². The summed E-state index contributed by atoms with van der Waals surface area (Å²) in [5.74, 6) is -0.0184. The number of carbonyl (C=O) groups excluding carboxylic acids is 1. The van der Waals surface area contributed by atoms with Crippen molar-refractivity contribution in [2.45, 2.75) is 57.7 Å². The zero-order chi connectivity index (χ0) is 17.0. The number of carbonyl (C=O) groups is 1. The molecule has 5 nitrogen and oxygen atoms in total. The molecule has 0 bridgehead atoms. The predicted octanol–water partition coefficient (Wildman–Crippen LogP) is 2.82. The van der Waals surface area contributed by atoms with Crippen molar-refractivity contribution in [3.05, 3.63) is 29.8 Å². The van der Waals surface area contributed by atoms with Crippen LogP contribution in [0.3, 0.4) is 0 Å². The van der Waals surface area contributed by atoms with E-state index in [0.29, 0.717) is 25.7 Å². The van der Waals surface area contributed by atoms with E-state index in [-0.39, 0.29) is 17.9 Å². The highest BCUT2D eigenvalue weighted by molar-refractivity contribution is 7.90. The Hall–Kier alpha value is -1.40. The molecule has 128 valence electrons. The molecule has 0 aromatic heterocycles. The van der Waals surface area contributed by atoms with Crippen LogP contribution in [0.1, 0.15) is 45.1 Å². The zero-order valence-electron chi connectivity index (χ0n) is 14.0. The molecule has 2 N–H and O–H groups in total. The third kappa shape index (κ3) is 5.04. The molecule has 1 saturated carbocycles. The highest BCUT2D eigenvalue weighted by Gasteiger charge is 2.29. The van der Waals surface area contributed by atoms with E-state index < -0.39 is 15.3 Å². The number of amides is 1. The maximum Gasteiger partial charge on any atom is 0.227 e. The summed E-state index contributed by atoms with van der Waals surface area (Å²) in [6.07, 6.45) is 2.84. The molecular formula is C17H26N2O3S. The monoisotopic (exact) mass is 338 g/mol.